The maximum absolute atomic E-state index is 10.3. The zero-order valence-electron chi connectivity index (χ0n) is 10.3. The molecule has 1 aromatic rings. The molecule has 0 aromatic carbocycles. The topological polar surface area (TPSA) is 67.2 Å². The maximum atomic E-state index is 10.3. The van der Waals surface area contributed by atoms with E-state index >= 15 is 0 Å². The quantitative estimate of drug-likeness (QED) is 0.641. The van der Waals surface area contributed by atoms with Gasteiger partial charge in [-0.2, -0.15) is 0 Å². The second-order valence-electron chi connectivity index (χ2n) is 4.32. The summed E-state index contributed by atoms with van der Waals surface area (Å²) in [6, 6.07) is 0.406. The van der Waals surface area contributed by atoms with E-state index in [4.69, 9.17) is 5.11 Å². The first-order valence-electron chi connectivity index (χ1n) is 6.09. The number of imidazole rings is 1. The van der Waals surface area contributed by atoms with Crippen LogP contribution in [-0.4, -0.2) is 33.2 Å². The predicted octanol–water partition coefficient (Wildman–Crippen LogP) is 1.51. The smallest absolute Gasteiger partial charge is 0.303 e. The first kappa shape index (κ1) is 13.7. The van der Waals surface area contributed by atoms with Gasteiger partial charge in [-0.05, 0) is 26.3 Å². The molecule has 1 rings (SSSR count). The summed E-state index contributed by atoms with van der Waals surface area (Å²) in [5.74, 6) is -0.702. The average molecular weight is 239 g/mol. The van der Waals surface area contributed by atoms with E-state index in [-0.39, 0.29) is 6.42 Å². The number of carboxylic acids is 1. The third-order valence-electron chi connectivity index (χ3n) is 2.60. The molecule has 0 radical (unpaired) electrons. The van der Waals surface area contributed by atoms with Gasteiger partial charge in [-0.25, -0.2) is 4.98 Å². The molecule has 5 nitrogen and oxygen atoms in total. The summed E-state index contributed by atoms with van der Waals surface area (Å²) < 4.78 is 2.04. The molecule has 1 unspecified atom stereocenters. The lowest BCUT2D eigenvalue weighted by Gasteiger charge is -2.14. The number of carbonyl (C=O) groups is 1. The average Bonchev–Trinajstić information content (AvgIpc) is 2.75. The van der Waals surface area contributed by atoms with Crippen LogP contribution in [-0.2, 0) is 11.3 Å². The summed E-state index contributed by atoms with van der Waals surface area (Å²) in [5.41, 5.74) is 0. The molecule has 0 saturated carbocycles. The Morgan fingerprint density at radius 2 is 2.29 bits per heavy atom. The highest BCUT2D eigenvalue weighted by molar-refractivity contribution is 5.66. The van der Waals surface area contributed by atoms with Gasteiger partial charge < -0.3 is 15.0 Å². The lowest BCUT2D eigenvalue weighted by atomic mass is 10.2. The number of aromatic nitrogens is 2. The Balaban J connectivity index is 1.97. The minimum Gasteiger partial charge on any atom is -0.481 e. The number of hydrogen-bond donors (Lipinski definition) is 2. The van der Waals surface area contributed by atoms with Crippen molar-refractivity contribution in [2.24, 2.45) is 0 Å². The number of nitrogens with one attached hydrogen (secondary N) is 1. The van der Waals surface area contributed by atoms with Crippen LogP contribution in [0.4, 0.5) is 0 Å². The molecule has 0 spiro atoms. The van der Waals surface area contributed by atoms with Gasteiger partial charge >= 0.3 is 5.97 Å². The van der Waals surface area contributed by atoms with E-state index in [1.54, 1.807) is 6.20 Å². The third kappa shape index (κ3) is 6.73. The molecule has 0 aliphatic rings. The van der Waals surface area contributed by atoms with Crippen LogP contribution >= 0.6 is 0 Å². The molecule has 0 aliphatic heterocycles. The van der Waals surface area contributed by atoms with Gasteiger partial charge in [0.25, 0.3) is 0 Å². The molecule has 96 valence electrons. The highest BCUT2D eigenvalue weighted by Gasteiger charge is 2.01. The number of hydrogen-bond acceptors (Lipinski definition) is 3. The number of aliphatic carboxylic acids is 1. The molecule has 5 heteroatoms. The first-order valence-corrected chi connectivity index (χ1v) is 6.09. The number of carboxylic acid groups (broad SMARTS) is 1. The summed E-state index contributed by atoms with van der Waals surface area (Å²) in [6.45, 7) is 3.99. The Labute approximate surface area is 102 Å². The van der Waals surface area contributed by atoms with Gasteiger partial charge in [0.1, 0.15) is 0 Å². The van der Waals surface area contributed by atoms with E-state index in [0.717, 1.165) is 32.4 Å². The van der Waals surface area contributed by atoms with Gasteiger partial charge in [-0.1, -0.05) is 6.42 Å². The fourth-order valence-corrected chi connectivity index (χ4v) is 1.70. The molecular formula is C12H21N3O2. The zero-order chi connectivity index (χ0) is 12.5. The number of unbranched alkanes of at least 4 members (excludes halogenated alkanes) is 2. The van der Waals surface area contributed by atoms with E-state index in [1.165, 1.54) is 0 Å². The van der Waals surface area contributed by atoms with Crippen molar-refractivity contribution in [1.29, 1.82) is 0 Å². The maximum Gasteiger partial charge on any atom is 0.303 e. The summed E-state index contributed by atoms with van der Waals surface area (Å²) >= 11 is 0. The van der Waals surface area contributed by atoms with E-state index in [2.05, 4.69) is 17.2 Å². The fraction of sp³-hybridized carbons (Fsp3) is 0.667. The monoisotopic (exact) mass is 239 g/mol. The van der Waals surface area contributed by atoms with Gasteiger partial charge in [0.15, 0.2) is 0 Å². The predicted molar refractivity (Wildman–Crippen MR) is 65.8 cm³/mol. The lowest BCUT2D eigenvalue weighted by Crippen LogP contribution is -2.30. The molecule has 0 aliphatic carbocycles. The minimum absolute atomic E-state index is 0.282. The van der Waals surface area contributed by atoms with E-state index in [9.17, 15) is 4.79 Å². The van der Waals surface area contributed by atoms with Crippen LogP contribution in [0.3, 0.4) is 0 Å². The standard InChI is InChI=1S/C12H21N3O2/c1-11(9-15-8-7-13-10-15)14-6-4-2-3-5-12(16)17/h7-8,10-11,14H,2-6,9H2,1H3,(H,16,17). The SMILES string of the molecule is CC(Cn1ccnc1)NCCCCCC(=O)O. The van der Waals surface area contributed by atoms with Gasteiger partial charge in [0.05, 0.1) is 6.33 Å². The van der Waals surface area contributed by atoms with Crippen LogP contribution in [0.5, 0.6) is 0 Å². The van der Waals surface area contributed by atoms with Crippen LogP contribution in [0.1, 0.15) is 32.6 Å². The van der Waals surface area contributed by atoms with E-state index < -0.39 is 5.97 Å². The van der Waals surface area contributed by atoms with Crippen LogP contribution in [0.15, 0.2) is 18.7 Å². The Morgan fingerprint density at radius 1 is 1.47 bits per heavy atom. The van der Waals surface area contributed by atoms with Crippen LogP contribution in [0.2, 0.25) is 0 Å². The molecule has 1 aromatic heterocycles. The minimum atomic E-state index is -0.702. The van der Waals surface area contributed by atoms with Crippen molar-refractivity contribution < 1.29 is 9.90 Å². The van der Waals surface area contributed by atoms with Crippen molar-refractivity contribution in [2.75, 3.05) is 6.54 Å². The van der Waals surface area contributed by atoms with Crippen molar-refractivity contribution in [1.82, 2.24) is 14.9 Å². The van der Waals surface area contributed by atoms with Crippen molar-refractivity contribution in [3.05, 3.63) is 18.7 Å². The summed E-state index contributed by atoms with van der Waals surface area (Å²) in [4.78, 5) is 14.3. The number of nitrogens with zero attached hydrogens (tertiary/aromatic N) is 2. The number of rotatable bonds is 9. The summed E-state index contributed by atoms with van der Waals surface area (Å²) in [5, 5.41) is 11.9. The molecule has 1 heterocycles. The Hall–Kier alpha value is -1.36. The van der Waals surface area contributed by atoms with Gasteiger partial charge in [0, 0.05) is 31.4 Å². The van der Waals surface area contributed by atoms with Crippen molar-refractivity contribution >= 4 is 5.97 Å². The zero-order valence-corrected chi connectivity index (χ0v) is 10.3. The molecule has 0 amide bonds. The second-order valence-corrected chi connectivity index (χ2v) is 4.32. The largest absolute Gasteiger partial charge is 0.481 e. The summed E-state index contributed by atoms with van der Waals surface area (Å²) in [7, 11) is 0. The molecule has 0 saturated heterocycles. The summed E-state index contributed by atoms with van der Waals surface area (Å²) in [6.07, 6.45) is 8.59. The van der Waals surface area contributed by atoms with Crippen LogP contribution in [0.25, 0.3) is 0 Å². The van der Waals surface area contributed by atoms with Gasteiger partial charge in [-0.15, -0.1) is 0 Å². The van der Waals surface area contributed by atoms with Crippen LogP contribution in [0, 0.1) is 0 Å². The van der Waals surface area contributed by atoms with Crippen molar-refractivity contribution in [3.63, 3.8) is 0 Å². The molecular weight excluding hydrogens is 218 g/mol. The van der Waals surface area contributed by atoms with Crippen molar-refractivity contribution in [3.8, 4) is 0 Å². The van der Waals surface area contributed by atoms with Crippen molar-refractivity contribution in [2.45, 2.75) is 45.2 Å². The second kappa shape index (κ2) is 7.84. The highest BCUT2D eigenvalue weighted by Crippen LogP contribution is 1.99. The van der Waals surface area contributed by atoms with Gasteiger partial charge in [-0.3, -0.25) is 4.79 Å². The molecule has 0 fully saturated rings. The fourth-order valence-electron chi connectivity index (χ4n) is 1.70. The Kier molecular flexibility index (Phi) is 6.32. The Morgan fingerprint density at radius 3 is 2.94 bits per heavy atom. The van der Waals surface area contributed by atoms with Gasteiger partial charge in [0.2, 0.25) is 0 Å². The molecule has 1 atom stereocenters. The van der Waals surface area contributed by atoms with E-state index in [1.807, 2.05) is 17.1 Å². The lowest BCUT2D eigenvalue weighted by molar-refractivity contribution is -0.137. The highest BCUT2D eigenvalue weighted by atomic mass is 16.4. The van der Waals surface area contributed by atoms with Crippen LogP contribution < -0.4 is 5.32 Å². The molecule has 0 bridgehead atoms. The first-order chi connectivity index (χ1) is 8.18. The molecule has 2 N–H and O–H groups in total. The normalized spacial score (nSPS) is 12.5. The van der Waals surface area contributed by atoms with E-state index in [0.29, 0.717) is 6.04 Å². The third-order valence-corrected chi connectivity index (χ3v) is 2.60. The Bertz CT molecular complexity index is 312. The molecule has 17 heavy (non-hydrogen) atoms.